The molecular formula is C21H35N5O4Si2. The van der Waals surface area contributed by atoms with Gasteiger partial charge in [0.25, 0.3) is 0 Å². The van der Waals surface area contributed by atoms with E-state index in [9.17, 15) is 4.79 Å². The lowest BCUT2D eigenvalue weighted by Gasteiger charge is -2.28. The number of imidazole rings is 1. The molecule has 3 rings (SSSR count). The van der Waals surface area contributed by atoms with Crippen molar-refractivity contribution in [1.82, 2.24) is 19.5 Å². The second-order valence-electron chi connectivity index (χ2n) is 9.98. The number of aromatic nitrogens is 4. The van der Waals surface area contributed by atoms with Crippen LogP contribution in [0.25, 0.3) is 11.2 Å². The van der Waals surface area contributed by atoms with Crippen LogP contribution in [0.4, 0.5) is 5.82 Å². The zero-order valence-electron chi connectivity index (χ0n) is 19.9. The summed E-state index contributed by atoms with van der Waals surface area (Å²) in [7, 11) is -3.46. The lowest BCUT2D eigenvalue weighted by atomic mass is 10.2. The number of nitrogens with zero attached hydrogens (tertiary/aromatic N) is 4. The first kappa shape index (κ1) is 24.7. The van der Waals surface area contributed by atoms with Crippen LogP contribution in [0.2, 0.25) is 39.3 Å². The van der Waals surface area contributed by atoms with E-state index >= 15 is 0 Å². The van der Waals surface area contributed by atoms with Gasteiger partial charge >= 0.3 is 0 Å². The van der Waals surface area contributed by atoms with Crippen molar-refractivity contribution in [1.29, 1.82) is 0 Å². The Labute approximate surface area is 191 Å². The predicted octanol–water partition coefficient (Wildman–Crippen LogP) is 4.09. The molecule has 0 spiro atoms. The van der Waals surface area contributed by atoms with Crippen molar-refractivity contribution in [2.24, 2.45) is 0 Å². The normalized spacial score (nSPS) is 21.8. The topological polar surface area (TPSA) is 100 Å². The van der Waals surface area contributed by atoms with Crippen LogP contribution < -0.4 is 5.32 Å². The molecule has 0 saturated carbocycles. The minimum Gasteiger partial charge on any atom is -0.415 e. The van der Waals surface area contributed by atoms with Crippen molar-refractivity contribution in [3.63, 3.8) is 0 Å². The Hall–Kier alpha value is -1.93. The van der Waals surface area contributed by atoms with Gasteiger partial charge in [-0.05, 0) is 45.7 Å². The molecule has 1 N–H and O–H groups in total. The number of hydrogen-bond donors (Lipinski definition) is 1. The smallest absolute Gasteiger partial charge is 0.225 e. The third-order valence-corrected chi connectivity index (χ3v) is 6.91. The van der Waals surface area contributed by atoms with Crippen molar-refractivity contribution in [3.05, 3.63) is 25.3 Å². The molecule has 1 aliphatic rings. The molecule has 1 aliphatic heterocycles. The zero-order valence-corrected chi connectivity index (χ0v) is 21.9. The summed E-state index contributed by atoms with van der Waals surface area (Å²) in [5.74, 6) is 0.262. The second kappa shape index (κ2) is 9.91. The van der Waals surface area contributed by atoms with Crippen LogP contribution in [0.1, 0.15) is 25.5 Å². The maximum absolute atomic E-state index is 12.1. The van der Waals surface area contributed by atoms with Gasteiger partial charge in [-0.1, -0.05) is 6.08 Å². The molecule has 9 nitrogen and oxygen atoms in total. The fourth-order valence-corrected chi connectivity index (χ4v) is 5.33. The Balaban J connectivity index is 1.82. The molecule has 0 aromatic carbocycles. The van der Waals surface area contributed by atoms with E-state index in [-0.39, 0.29) is 24.3 Å². The molecule has 1 saturated heterocycles. The van der Waals surface area contributed by atoms with Gasteiger partial charge in [0.15, 0.2) is 33.6 Å². The highest BCUT2D eigenvalue weighted by atomic mass is 28.4. The lowest BCUT2D eigenvalue weighted by Crippen LogP contribution is -2.40. The van der Waals surface area contributed by atoms with E-state index < -0.39 is 16.6 Å². The third kappa shape index (κ3) is 6.54. The highest BCUT2D eigenvalue weighted by Gasteiger charge is 2.40. The fraction of sp³-hybridized carbons (Fsp3) is 0.619. The Morgan fingerprint density at radius 1 is 1.25 bits per heavy atom. The first-order chi connectivity index (χ1) is 15.0. The quantitative estimate of drug-likeness (QED) is 0.406. The first-order valence-corrected chi connectivity index (χ1v) is 17.8. The van der Waals surface area contributed by atoms with Crippen molar-refractivity contribution >= 4 is 39.5 Å². The average molecular weight is 478 g/mol. The number of nitrogens with one attached hydrogen (secondary N) is 1. The number of ether oxygens (including phenoxy) is 1. The maximum Gasteiger partial charge on any atom is 0.225 e. The molecule has 0 aliphatic carbocycles. The largest absolute Gasteiger partial charge is 0.415 e. The summed E-state index contributed by atoms with van der Waals surface area (Å²) in [6.07, 6.45) is 5.96. The highest BCUT2D eigenvalue weighted by molar-refractivity contribution is 6.70. The van der Waals surface area contributed by atoms with Gasteiger partial charge in [0.05, 0.1) is 19.0 Å². The maximum atomic E-state index is 12.1. The highest BCUT2D eigenvalue weighted by Crippen LogP contribution is 2.35. The van der Waals surface area contributed by atoms with E-state index in [1.165, 1.54) is 6.33 Å². The van der Waals surface area contributed by atoms with Gasteiger partial charge in [-0.2, -0.15) is 0 Å². The fourth-order valence-electron chi connectivity index (χ4n) is 3.51. The van der Waals surface area contributed by atoms with E-state index in [1.54, 1.807) is 12.4 Å². The molecular weight excluding hydrogens is 442 g/mol. The molecule has 0 radical (unpaired) electrons. The molecule has 11 heteroatoms. The molecule has 2 aromatic heterocycles. The van der Waals surface area contributed by atoms with Gasteiger partial charge in [0.2, 0.25) is 5.91 Å². The molecule has 0 unspecified atom stereocenters. The molecule has 2 aromatic rings. The standard InChI is InChI=1S/C21H35N5O4Si2/c1-8-9-10-17(27)25-20-19-21(23-13-22-20)26(14-24-19)18-11-15(30-32(5,6)7)16(29-18)12-28-31(2,3)4/h8,13-16,18H,1,9-12H2,2-7H3,(H,22,23,25,27)/t15-,16+,18+/m0/s1. The van der Waals surface area contributed by atoms with Crippen LogP contribution in [0.15, 0.2) is 25.3 Å². The Morgan fingerprint density at radius 2 is 2.00 bits per heavy atom. The zero-order chi connectivity index (χ0) is 23.5. The molecule has 3 atom stereocenters. The summed E-state index contributed by atoms with van der Waals surface area (Å²) < 4.78 is 20.9. The van der Waals surface area contributed by atoms with E-state index in [1.807, 2.05) is 4.57 Å². The SMILES string of the molecule is C=CCCC(=O)Nc1ncnc2c1ncn2[C@H]1C[C@H](O[Si](C)(C)C)[C@@H](CO[Si](C)(C)C)O1. The van der Waals surface area contributed by atoms with E-state index in [4.69, 9.17) is 13.6 Å². The van der Waals surface area contributed by atoms with Crippen LogP contribution in [0, 0.1) is 0 Å². The number of anilines is 1. The van der Waals surface area contributed by atoms with Gasteiger partial charge in [0, 0.05) is 12.8 Å². The number of carbonyl (C=O) groups excluding carboxylic acids is 1. The lowest BCUT2D eigenvalue weighted by molar-refractivity contribution is -0.116. The summed E-state index contributed by atoms with van der Waals surface area (Å²) in [6, 6.07) is 0. The number of rotatable bonds is 10. The Bertz CT molecular complexity index is 954. The molecule has 32 heavy (non-hydrogen) atoms. The molecule has 176 valence electrons. The van der Waals surface area contributed by atoms with Crippen LogP contribution >= 0.6 is 0 Å². The van der Waals surface area contributed by atoms with Gasteiger partial charge in [-0.25, -0.2) is 15.0 Å². The summed E-state index contributed by atoms with van der Waals surface area (Å²) in [4.78, 5) is 25.2. The van der Waals surface area contributed by atoms with Crippen LogP contribution in [-0.2, 0) is 18.4 Å². The number of fused-ring (bicyclic) bond motifs is 1. The Kier molecular flexibility index (Phi) is 7.66. The van der Waals surface area contributed by atoms with Crippen LogP contribution in [0.3, 0.4) is 0 Å². The van der Waals surface area contributed by atoms with E-state index in [0.717, 1.165) is 0 Å². The summed E-state index contributed by atoms with van der Waals surface area (Å²) >= 11 is 0. The van der Waals surface area contributed by atoms with Gasteiger partial charge in [-0.3, -0.25) is 9.36 Å². The van der Waals surface area contributed by atoms with Gasteiger partial charge in [-0.15, -0.1) is 6.58 Å². The van der Waals surface area contributed by atoms with Crippen molar-refractivity contribution in [2.45, 2.75) is 77.0 Å². The van der Waals surface area contributed by atoms with E-state index in [2.05, 4.69) is 66.1 Å². The third-order valence-electron chi connectivity index (χ3n) is 4.87. The minimum atomic E-state index is -1.77. The van der Waals surface area contributed by atoms with Crippen molar-refractivity contribution in [2.75, 3.05) is 11.9 Å². The molecule has 1 fully saturated rings. The summed E-state index contributed by atoms with van der Waals surface area (Å²) in [6.45, 7) is 17.2. The van der Waals surface area contributed by atoms with Crippen LogP contribution in [-0.4, -0.2) is 60.9 Å². The van der Waals surface area contributed by atoms with Crippen LogP contribution in [0.5, 0.6) is 0 Å². The average Bonchev–Trinajstić information content (AvgIpc) is 3.27. The van der Waals surface area contributed by atoms with Gasteiger partial charge in [0.1, 0.15) is 18.7 Å². The first-order valence-electron chi connectivity index (χ1n) is 11.0. The summed E-state index contributed by atoms with van der Waals surface area (Å²) in [5, 5.41) is 2.82. The predicted molar refractivity (Wildman–Crippen MR) is 129 cm³/mol. The number of amides is 1. The number of allylic oxidation sites excluding steroid dienone is 1. The second-order valence-corrected chi connectivity index (χ2v) is 19.0. The molecule has 3 heterocycles. The summed E-state index contributed by atoms with van der Waals surface area (Å²) in [5.41, 5.74) is 1.15. The minimum absolute atomic E-state index is 0.0552. The van der Waals surface area contributed by atoms with Crippen molar-refractivity contribution < 1.29 is 18.4 Å². The van der Waals surface area contributed by atoms with Gasteiger partial charge < -0.3 is 18.9 Å². The number of carbonyl (C=O) groups is 1. The Morgan fingerprint density at radius 3 is 2.66 bits per heavy atom. The van der Waals surface area contributed by atoms with Crippen molar-refractivity contribution in [3.8, 4) is 0 Å². The molecule has 0 bridgehead atoms. The van der Waals surface area contributed by atoms with E-state index in [0.29, 0.717) is 42.9 Å². The number of hydrogen-bond acceptors (Lipinski definition) is 7. The monoisotopic (exact) mass is 477 g/mol. The molecule has 1 amide bonds.